The minimum Gasteiger partial charge on any atom is -0.366 e. The molecule has 0 aliphatic rings. The van der Waals surface area contributed by atoms with Crippen molar-refractivity contribution < 1.29 is 22.4 Å². The molecule has 2 heterocycles. The first-order valence-electron chi connectivity index (χ1n) is 10.5. The summed E-state index contributed by atoms with van der Waals surface area (Å²) < 4.78 is 57.5. The van der Waals surface area contributed by atoms with Crippen molar-refractivity contribution in [2.24, 2.45) is 0 Å². The third-order valence-electron chi connectivity index (χ3n) is 5.56. The number of nitrogen functional groups attached to an aromatic ring is 1. The number of halogens is 4. The molecule has 1 atom stereocenters. The fraction of sp³-hybridized carbons (Fsp3) is 0.208. The number of nitrogens with one attached hydrogen (secondary N) is 1. The van der Waals surface area contributed by atoms with Gasteiger partial charge in [-0.25, -0.2) is 8.91 Å². The molecule has 176 valence electrons. The molecule has 6 nitrogen and oxygen atoms in total. The maximum Gasteiger partial charge on any atom is 0.395 e. The van der Waals surface area contributed by atoms with Gasteiger partial charge in [-0.3, -0.25) is 4.79 Å². The summed E-state index contributed by atoms with van der Waals surface area (Å²) >= 11 is 0. The Morgan fingerprint density at radius 3 is 2.59 bits per heavy atom. The van der Waals surface area contributed by atoms with Crippen LogP contribution in [0.5, 0.6) is 0 Å². The number of aromatic nitrogens is 3. The molecule has 34 heavy (non-hydrogen) atoms. The molecular formula is C24H21F4N5O. The highest BCUT2D eigenvalue weighted by molar-refractivity contribution is 5.97. The van der Waals surface area contributed by atoms with Crippen molar-refractivity contribution in [3.05, 3.63) is 83.3 Å². The first-order valence-corrected chi connectivity index (χ1v) is 10.5. The lowest BCUT2D eigenvalue weighted by molar-refractivity contribution is -0.151. The maximum atomic E-state index is 15.4. The average Bonchev–Trinajstić information content (AvgIpc) is 3.16. The first kappa shape index (κ1) is 23.2. The number of rotatable bonds is 6. The number of pyridine rings is 1. The number of aryl methyl sites for hydroxylation is 1. The van der Waals surface area contributed by atoms with E-state index >= 15 is 4.39 Å². The molecule has 0 bridgehead atoms. The summed E-state index contributed by atoms with van der Waals surface area (Å²) in [6, 6.07) is 13.8. The molecule has 4 aromatic rings. The number of nitrogens with zero attached hydrogens (tertiary/aromatic N) is 3. The number of hydrogen-bond acceptors (Lipinski definition) is 4. The molecular weight excluding hydrogens is 450 g/mol. The number of anilines is 1. The molecule has 2 aromatic carbocycles. The molecule has 3 N–H and O–H groups in total. The summed E-state index contributed by atoms with van der Waals surface area (Å²) in [6.07, 6.45) is -3.28. The van der Waals surface area contributed by atoms with Crippen LogP contribution in [0.1, 0.15) is 33.8 Å². The van der Waals surface area contributed by atoms with Crippen LogP contribution < -0.4 is 11.1 Å². The van der Waals surface area contributed by atoms with Crippen molar-refractivity contribution in [1.82, 2.24) is 19.9 Å². The van der Waals surface area contributed by atoms with Gasteiger partial charge in [0.2, 0.25) is 5.95 Å². The van der Waals surface area contributed by atoms with Gasteiger partial charge in [-0.15, -0.1) is 5.10 Å². The Bertz CT molecular complexity index is 1330. The second-order valence-electron chi connectivity index (χ2n) is 7.86. The Morgan fingerprint density at radius 1 is 1.15 bits per heavy atom. The van der Waals surface area contributed by atoms with Crippen LogP contribution in [0.15, 0.2) is 60.8 Å². The molecule has 2 aromatic heterocycles. The Balaban J connectivity index is 1.55. The number of fused-ring (bicyclic) bond motifs is 1. The van der Waals surface area contributed by atoms with E-state index in [-0.39, 0.29) is 35.6 Å². The summed E-state index contributed by atoms with van der Waals surface area (Å²) in [5.74, 6) is -3.23. The zero-order valence-corrected chi connectivity index (χ0v) is 18.1. The van der Waals surface area contributed by atoms with Crippen LogP contribution in [0.3, 0.4) is 0 Å². The molecule has 0 saturated heterocycles. The summed E-state index contributed by atoms with van der Waals surface area (Å²) in [5.41, 5.74) is 6.84. The average molecular weight is 471 g/mol. The second kappa shape index (κ2) is 9.12. The van der Waals surface area contributed by atoms with E-state index in [1.807, 2.05) is 0 Å². The molecule has 1 amide bonds. The number of hydrogen-bond donors (Lipinski definition) is 2. The summed E-state index contributed by atoms with van der Waals surface area (Å²) in [7, 11) is 0. The third kappa shape index (κ3) is 4.70. The van der Waals surface area contributed by atoms with Crippen molar-refractivity contribution in [2.75, 3.05) is 12.3 Å². The van der Waals surface area contributed by atoms with Gasteiger partial charge in [-0.2, -0.15) is 18.2 Å². The number of carbonyl (C=O) groups excluding carboxylic acids is 1. The molecule has 10 heteroatoms. The lowest BCUT2D eigenvalue weighted by atomic mass is 9.95. The summed E-state index contributed by atoms with van der Waals surface area (Å²) in [4.78, 5) is 16.8. The normalized spacial score (nSPS) is 12.6. The van der Waals surface area contributed by atoms with Gasteiger partial charge < -0.3 is 11.1 Å². The van der Waals surface area contributed by atoms with Crippen LogP contribution in [0.2, 0.25) is 0 Å². The highest BCUT2D eigenvalue weighted by Gasteiger charge is 2.40. The lowest BCUT2D eigenvalue weighted by Crippen LogP contribution is -2.30. The standard InChI is InChI=1S/C24H21F4N5O/c1-14-7-8-17(16-10-12-33-19(13-16)31-23(29)32-33)21(25)20(14)22(34)30-11-9-18(24(26,27)28)15-5-3-2-4-6-15/h2-8,10,12-13,18H,9,11H2,1H3,(H2,29,32)(H,30,34)/t18-/m0/s1. The van der Waals surface area contributed by atoms with E-state index < -0.39 is 23.8 Å². The van der Waals surface area contributed by atoms with Crippen LogP contribution in [0.4, 0.5) is 23.5 Å². The van der Waals surface area contributed by atoms with Gasteiger partial charge >= 0.3 is 6.18 Å². The number of alkyl halides is 3. The molecule has 0 fully saturated rings. The zero-order chi connectivity index (χ0) is 24.5. The lowest BCUT2D eigenvalue weighted by Gasteiger charge is -2.21. The predicted octanol–water partition coefficient (Wildman–Crippen LogP) is 4.89. The van der Waals surface area contributed by atoms with Crippen molar-refractivity contribution in [3.8, 4) is 11.1 Å². The van der Waals surface area contributed by atoms with Gasteiger partial charge in [-0.05, 0) is 42.2 Å². The summed E-state index contributed by atoms with van der Waals surface area (Å²) in [6.45, 7) is 1.29. The van der Waals surface area contributed by atoms with Gasteiger partial charge in [-0.1, -0.05) is 42.5 Å². The SMILES string of the molecule is Cc1ccc(-c2ccn3nc(N)nc3c2)c(F)c1C(=O)NCC[C@@H](c1ccccc1)C(F)(F)F. The number of amides is 1. The third-order valence-corrected chi connectivity index (χ3v) is 5.56. The monoisotopic (exact) mass is 471 g/mol. The second-order valence-corrected chi connectivity index (χ2v) is 7.86. The topological polar surface area (TPSA) is 85.3 Å². The minimum absolute atomic E-state index is 0.0641. The fourth-order valence-electron chi connectivity index (χ4n) is 3.86. The van der Waals surface area contributed by atoms with Crippen molar-refractivity contribution in [3.63, 3.8) is 0 Å². The van der Waals surface area contributed by atoms with E-state index in [4.69, 9.17) is 5.73 Å². The molecule has 0 radical (unpaired) electrons. The van der Waals surface area contributed by atoms with Gasteiger partial charge in [0.05, 0.1) is 11.5 Å². The Hall–Kier alpha value is -3.95. The van der Waals surface area contributed by atoms with Gasteiger partial charge in [0.25, 0.3) is 5.91 Å². The predicted molar refractivity (Wildman–Crippen MR) is 120 cm³/mol. The Labute approximate surface area is 192 Å². The van der Waals surface area contributed by atoms with E-state index in [9.17, 15) is 18.0 Å². The first-order chi connectivity index (χ1) is 16.1. The highest BCUT2D eigenvalue weighted by Crippen LogP contribution is 2.37. The van der Waals surface area contributed by atoms with Gasteiger partial charge in [0.15, 0.2) is 5.65 Å². The Kier molecular flexibility index (Phi) is 6.23. The molecule has 0 saturated carbocycles. The smallest absolute Gasteiger partial charge is 0.366 e. The molecule has 4 rings (SSSR count). The van der Waals surface area contributed by atoms with E-state index in [2.05, 4.69) is 15.4 Å². The van der Waals surface area contributed by atoms with E-state index in [1.54, 1.807) is 37.4 Å². The molecule has 0 unspecified atom stereocenters. The van der Waals surface area contributed by atoms with Crippen LogP contribution in [0, 0.1) is 12.7 Å². The Morgan fingerprint density at radius 2 is 1.88 bits per heavy atom. The molecule has 0 aliphatic heterocycles. The van der Waals surface area contributed by atoms with Crippen molar-refractivity contribution in [1.29, 1.82) is 0 Å². The van der Waals surface area contributed by atoms with Crippen molar-refractivity contribution in [2.45, 2.75) is 25.4 Å². The fourth-order valence-corrected chi connectivity index (χ4v) is 3.86. The van der Waals surface area contributed by atoms with E-state index in [0.29, 0.717) is 16.8 Å². The molecule has 0 spiro atoms. The minimum atomic E-state index is -4.48. The zero-order valence-electron chi connectivity index (χ0n) is 18.1. The van der Waals surface area contributed by atoms with Gasteiger partial charge in [0.1, 0.15) is 5.82 Å². The van der Waals surface area contributed by atoms with Crippen molar-refractivity contribution >= 4 is 17.5 Å². The van der Waals surface area contributed by atoms with Gasteiger partial charge in [0, 0.05) is 18.3 Å². The van der Waals surface area contributed by atoms with E-state index in [1.165, 1.54) is 34.8 Å². The quantitative estimate of drug-likeness (QED) is 0.392. The van der Waals surface area contributed by atoms with Crippen LogP contribution in [0.25, 0.3) is 16.8 Å². The number of carbonyl (C=O) groups is 1. The molecule has 0 aliphatic carbocycles. The largest absolute Gasteiger partial charge is 0.395 e. The van der Waals surface area contributed by atoms with Crippen LogP contribution in [-0.2, 0) is 0 Å². The van der Waals surface area contributed by atoms with E-state index in [0.717, 1.165) is 0 Å². The van der Waals surface area contributed by atoms with Crippen LogP contribution in [-0.4, -0.2) is 33.2 Å². The van der Waals surface area contributed by atoms with Crippen LogP contribution >= 0.6 is 0 Å². The number of nitrogens with two attached hydrogens (primary N) is 1. The number of benzene rings is 2. The highest BCUT2D eigenvalue weighted by atomic mass is 19.4. The maximum absolute atomic E-state index is 15.4. The summed E-state index contributed by atoms with van der Waals surface area (Å²) in [5, 5.41) is 6.41.